The average Bonchev–Trinajstić information content (AvgIpc) is 3.61. The summed E-state index contributed by atoms with van der Waals surface area (Å²) in [6.45, 7) is 0.926. The molecule has 8 heteroatoms. The molecule has 6 rings (SSSR count). The molecule has 43 heavy (non-hydrogen) atoms. The third-order valence-corrected chi connectivity index (χ3v) is 7.77. The lowest BCUT2D eigenvalue weighted by Gasteiger charge is -2.27. The fraction of sp³-hybridized carbons (Fsp3) is 0.200. The first-order valence-corrected chi connectivity index (χ1v) is 14.1. The minimum atomic E-state index is -0.381. The van der Waals surface area contributed by atoms with Gasteiger partial charge in [0.1, 0.15) is 23.8 Å². The number of carbonyl (C=O) groups is 1. The van der Waals surface area contributed by atoms with Crippen LogP contribution >= 0.6 is 0 Å². The first kappa shape index (κ1) is 27.9. The van der Waals surface area contributed by atoms with Gasteiger partial charge in [0, 0.05) is 17.7 Å². The predicted octanol–water partition coefficient (Wildman–Crippen LogP) is 6.47. The number of carbonyl (C=O) groups excluding carboxylic acids is 1. The first-order chi connectivity index (χ1) is 21.1. The summed E-state index contributed by atoms with van der Waals surface area (Å²) in [7, 11) is 4.91. The van der Waals surface area contributed by atoms with E-state index in [9.17, 15) is 4.79 Å². The third kappa shape index (κ3) is 5.64. The second-order valence-electron chi connectivity index (χ2n) is 10.3. The van der Waals surface area contributed by atoms with Gasteiger partial charge < -0.3 is 23.8 Å². The van der Waals surface area contributed by atoms with Gasteiger partial charge in [0.15, 0.2) is 11.5 Å². The number of amides is 1. The zero-order valence-electron chi connectivity index (χ0n) is 24.4. The Hall–Kier alpha value is -5.24. The first-order valence-electron chi connectivity index (χ1n) is 14.1. The van der Waals surface area contributed by atoms with Crippen molar-refractivity contribution in [3.8, 4) is 34.3 Å². The summed E-state index contributed by atoms with van der Waals surface area (Å²) in [5.41, 5.74) is 6.03. The van der Waals surface area contributed by atoms with Crippen molar-refractivity contribution in [2.45, 2.75) is 19.1 Å². The van der Waals surface area contributed by atoms with Crippen LogP contribution in [0.2, 0.25) is 0 Å². The van der Waals surface area contributed by atoms with Gasteiger partial charge in [-0.25, -0.2) is 0 Å². The van der Waals surface area contributed by atoms with Gasteiger partial charge in [-0.15, -0.1) is 0 Å². The molecule has 8 nitrogen and oxygen atoms in total. The second-order valence-corrected chi connectivity index (χ2v) is 10.3. The molecule has 1 atom stereocenters. The van der Waals surface area contributed by atoms with Crippen LogP contribution in [0.25, 0.3) is 11.3 Å². The third-order valence-electron chi connectivity index (χ3n) is 7.77. The molecule has 2 heterocycles. The molecule has 0 spiro atoms. The molecule has 1 aromatic heterocycles. The topological polar surface area (TPSA) is 85.9 Å². The van der Waals surface area contributed by atoms with Crippen LogP contribution in [0.3, 0.4) is 0 Å². The number of fused-ring (bicyclic) bond motifs is 1. The number of aromatic nitrogens is 2. The average molecular weight is 576 g/mol. The summed E-state index contributed by atoms with van der Waals surface area (Å²) in [5, 5.41) is 7.64. The minimum Gasteiger partial charge on any atom is -0.497 e. The van der Waals surface area contributed by atoms with Crippen molar-refractivity contribution in [2.75, 3.05) is 27.9 Å². The molecule has 1 aliphatic heterocycles. The zero-order valence-corrected chi connectivity index (χ0v) is 24.4. The highest BCUT2D eigenvalue weighted by molar-refractivity contribution is 6.00. The molecule has 1 unspecified atom stereocenters. The number of aromatic amines is 1. The fourth-order valence-electron chi connectivity index (χ4n) is 5.49. The Bertz CT molecular complexity index is 1700. The molecule has 0 radical (unpaired) electrons. The molecular weight excluding hydrogens is 542 g/mol. The van der Waals surface area contributed by atoms with E-state index in [1.807, 2.05) is 102 Å². The molecule has 5 aromatic rings. The van der Waals surface area contributed by atoms with Crippen LogP contribution < -0.4 is 18.9 Å². The van der Waals surface area contributed by atoms with Crippen molar-refractivity contribution in [3.05, 3.63) is 125 Å². The fourth-order valence-corrected chi connectivity index (χ4v) is 5.49. The summed E-state index contributed by atoms with van der Waals surface area (Å²) in [6.07, 6.45) is 0.678. The van der Waals surface area contributed by atoms with E-state index in [-0.39, 0.29) is 11.9 Å². The van der Waals surface area contributed by atoms with Crippen molar-refractivity contribution >= 4 is 5.91 Å². The van der Waals surface area contributed by atoms with E-state index >= 15 is 0 Å². The maximum Gasteiger partial charge on any atom is 0.273 e. The Morgan fingerprint density at radius 3 is 2.14 bits per heavy atom. The van der Waals surface area contributed by atoms with Crippen molar-refractivity contribution in [1.29, 1.82) is 0 Å². The number of rotatable bonds is 11. The summed E-state index contributed by atoms with van der Waals surface area (Å²) < 4.78 is 22.6. The van der Waals surface area contributed by atoms with Gasteiger partial charge in [-0.3, -0.25) is 9.89 Å². The number of benzene rings is 4. The number of hydrogen-bond donors (Lipinski definition) is 1. The van der Waals surface area contributed by atoms with E-state index in [2.05, 4.69) is 10.2 Å². The Balaban J connectivity index is 1.36. The van der Waals surface area contributed by atoms with Crippen molar-refractivity contribution in [2.24, 2.45) is 0 Å². The maximum atomic E-state index is 13.9. The van der Waals surface area contributed by atoms with Crippen molar-refractivity contribution in [3.63, 3.8) is 0 Å². The van der Waals surface area contributed by atoms with Crippen LogP contribution in [0.15, 0.2) is 97.1 Å². The van der Waals surface area contributed by atoms with E-state index in [0.29, 0.717) is 36.8 Å². The molecule has 218 valence electrons. The number of methoxy groups -OCH3 is 3. The van der Waals surface area contributed by atoms with Crippen LogP contribution in [0.4, 0.5) is 0 Å². The predicted molar refractivity (Wildman–Crippen MR) is 164 cm³/mol. The van der Waals surface area contributed by atoms with Crippen LogP contribution in [0.5, 0.6) is 23.0 Å². The smallest absolute Gasteiger partial charge is 0.273 e. The lowest BCUT2D eigenvalue weighted by atomic mass is 9.95. The Morgan fingerprint density at radius 2 is 1.47 bits per heavy atom. The van der Waals surface area contributed by atoms with Crippen molar-refractivity contribution < 1.29 is 23.7 Å². The number of nitrogens with one attached hydrogen (secondary N) is 1. The van der Waals surface area contributed by atoms with Crippen LogP contribution in [-0.4, -0.2) is 48.9 Å². The molecule has 1 amide bonds. The van der Waals surface area contributed by atoms with Crippen LogP contribution in [-0.2, 0) is 13.0 Å². The zero-order chi connectivity index (χ0) is 29.8. The Morgan fingerprint density at radius 1 is 0.767 bits per heavy atom. The van der Waals surface area contributed by atoms with E-state index in [1.165, 1.54) is 0 Å². The molecule has 1 aliphatic rings. The van der Waals surface area contributed by atoms with Gasteiger partial charge in [0.25, 0.3) is 5.91 Å². The van der Waals surface area contributed by atoms with E-state index < -0.39 is 0 Å². The molecule has 4 aromatic carbocycles. The summed E-state index contributed by atoms with van der Waals surface area (Å²) in [4.78, 5) is 15.8. The van der Waals surface area contributed by atoms with Gasteiger partial charge in [-0.2, -0.15) is 5.10 Å². The monoisotopic (exact) mass is 575 g/mol. The maximum absolute atomic E-state index is 13.9. The van der Waals surface area contributed by atoms with Crippen LogP contribution in [0.1, 0.15) is 38.8 Å². The lowest BCUT2D eigenvalue weighted by Crippen LogP contribution is -2.31. The number of ether oxygens (including phenoxy) is 4. The van der Waals surface area contributed by atoms with E-state index in [4.69, 9.17) is 18.9 Å². The quantitative estimate of drug-likeness (QED) is 0.194. The molecule has 0 fully saturated rings. The number of nitrogens with zero attached hydrogens (tertiary/aromatic N) is 2. The van der Waals surface area contributed by atoms with Gasteiger partial charge in [0.2, 0.25) is 0 Å². The molecule has 0 aliphatic carbocycles. The largest absolute Gasteiger partial charge is 0.497 e. The highest BCUT2D eigenvalue weighted by Gasteiger charge is 2.42. The standard InChI is InChI=1S/C35H33N3O5/c1-40-27-14-9-23(10-15-27)19-20-38-34(26-13-18-29(30(21-26)42-3)43-22-24-7-5-4-6-8-24)31-32(36-37-33(31)35(38)39)25-11-16-28(41-2)17-12-25/h4-18,21,34H,19-20,22H2,1-3H3,(H,36,37). The normalized spacial score (nSPS) is 14.0. The van der Waals surface area contributed by atoms with Crippen LogP contribution in [0, 0.1) is 0 Å². The van der Waals surface area contributed by atoms with E-state index in [1.54, 1.807) is 21.3 Å². The molecule has 1 N–H and O–H groups in total. The van der Waals surface area contributed by atoms with Gasteiger partial charge in [-0.05, 0) is 71.6 Å². The highest BCUT2D eigenvalue weighted by atomic mass is 16.5. The number of H-pyrrole nitrogens is 1. The second kappa shape index (κ2) is 12.3. The lowest BCUT2D eigenvalue weighted by molar-refractivity contribution is 0.0745. The van der Waals surface area contributed by atoms with Gasteiger partial charge >= 0.3 is 0 Å². The number of hydrogen-bond acceptors (Lipinski definition) is 6. The van der Waals surface area contributed by atoms with Crippen molar-refractivity contribution in [1.82, 2.24) is 15.1 Å². The van der Waals surface area contributed by atoms with Gasteiger partial charge in [-0.1, -0.05) is 48.5 Å². The molecule has 0 saturated heterocycles. The molecule has 0 saturated carbocycles. The van der Waals surface area contributed by atoms with Gasteiger partial charge in [0.05, 0.1) is 33.1 Å². The highest BCUT2D eigenvalue weighted by Crippen LogP contribution is 2.45. The molecular formula is C35H33N3O5. The minimum absolute atomic E-state index is 0.0934. The Labute approximate surface area is 250 Å². The summed E-state index contributed by atoms with van der Waals surface area (Å²) in [6, 6.07) is 31.1. The summed E-state index contributed by atoms with van der Waals surface area (Å²) in [5.74, 6) is 2.68. The van der Waals surface area contributed by atoms with E-state index in [0.717, 1.165) is 45.0 Å². The molecule has 0 bridgehead atoms. The Kier molecular flexibility index (Phi) is 8.00. The SMILES string of the molecule is COc1ccc(CCN2C(=O)c3[nH]nc(-c4ccc(OC)cc4)c3C2c2ccc(OCc3ccccc3)c(OC)c2)cc1. The summed E-state index contributed by atoms with van der Waals surface area (Å²) >= 11 is 0.